The first-order valence-corrected chi connectivity index (χ1v) is 6.94. The number of benzene rings is 1. The molecular weight excluding hydrogens is 254 g/mol. The number of amides is 1. The first kappa shape index (κ1) is 14.4. The van der Waals surface area contributed by atoms with Crippen molar-refractivity contribution < 1.29 is 14.6 Å². The lowest BCUT2D eigenvalue weighted by molar-refractivity contribution is -0.127. The van der Waals surface area contributed by atoms with Crippen LogP contribution in [-0.4, -0.2) is 36.1 Å². The minimum absolute atomic E-state index is 0.0453. The standard InChI is InChI=1S/C16H21NO3/c1-12-7-9-17(10-8-12)16(19)6-4-13-3-5-14(18)15(11-13)20-2/h3-6,11-12,18H,7-10H2,1-2H3. The summed E-state index contributed by atoms with van der Waals surface area (Å²) in [5.74, 6) is 1.26. The first-order valence-electron chi connectivity index (χ1n) is 6.94. The Kier molecular flexibility index (Phi) is 4.66. The Balaban J connectivity index is 2.00. The molecule has 1 aliphatic heterocycles. The smallest absolute Gasteiger partial charge is 0.246 e. The number of nitrogens with zero attached hydrogens (tertiary/aromatic N) is 1. The minimum atomic E-state index is 0.0453. The minimum Gasteiger partial charge on any atom is -0.504 e. The predicted octanol–water partition coefficient (Wildman–Crippen LogP) is 2.67. The number of likely N-dealkylation sites (tertiary alicyclic amines) is 1. The van der Waals surface area contributed by atoms with Crippen molar-refractivity contribution in [1.82, 2.24) is 4.90 Å². The van der Waals surface area contributed by atoms with Crippen molar-refractivity contribution in [3.8, 4) is 11.5 Å². The van der Waals surface area contributed by atoms with Gasteiger partial charge in [0.1, 0.15) is 0 Å². The van der Waals surface area contributed by atoms with Crippen molar-refractivity contribution in [2.75, 3.05) is 20.2 Å². The fraction of sp³-hybridized carbons (Fsp3) is 0.438. The topological polar surface area (TPSA) is 49.8 Å². The molecule has 2 rings (SSSR count). The molecular formula is C16H21NO3. The lowest BCUT2D eigenvalue weighted by atomic mass is 9.99. The zero-order chi connectivity index (χ0) is 14.5. The monoisotopic (exact) mass is 275 g/mol. The molecule has 1 amide bonds. The third-order valence-electron chi connectivity index (χ3n) is 3.72. The molecule has 0 atom stereocenters. The van der Waals surface area contributed by atoms with E-state index in [1.807, 2.05) is 4.90 Å². The fourth-order valence-corrected chi connectivity index (χ4v) is 2.30. The van der Waals surface area contributed by atoms with Crippen molar-refractivity contribution in [3.63, 3.8) is 0 Å². The van der Waals surface area contributed by atoms with Gasteiger partial charge in [0.15, 0.2) is 11.5 Å². The maximum absolute atomic E-state index is 12.1. The summed E-state index contributed by atoms with van der Waals surface area (Å²) in [6, 6.07) is 5.02. The number of phenolic OH excluding ortho intramolecular Hbond substituents is 1. The summed E-state index contributed by atoms with van der Waals surface area (Å²) in [6.45, 7) is 3.90. The van der Waals surface area contributed by atoms with E-state index in [1.165, 1.54) is 7.11 Å². The normalized spacial score (nSPS) is 16.6. The van der Waals surface area contributed by atoms with E-state index in [0.29, 0.717) is 11.7 Å². The molecule has 4 heteroatoms. The van der Waals surface area contributed by atoms with Crippen molar-refractivity contribution in [1.29, 1.82) is 0 Å². The van der Waals surface area contributed by atoms with Crippen LogP contribution in [0.4, 0.5) is 0 Å². The molecule has 1 N–H and O–H groups in total. The van der Waals surface area contributed by atoms with Gasteiger partial charge in [-0.15, -0.1) is 0 Å². The van der Waals surface area contributed by atoms with Gasteiger partial charge in [0.05, 0.1) is 7.11 Å². The second kappa shape index (κ2) is 6.46. The number of phenols is 1. The van der Waals surface area contributed by atoms with E-state index < -0.39 is 0 Å². The second-order valence-electron chi connectivity index (χ2n) is 5.27. The van der Waals surface area contributed by atoms with Gasteiger partial charge in [-0.05, 0) is 42.5 Å². The SMILES string of the molecule is COc1cc(C=CC(=O)N2CCC(C)CC2)ccc1O. The van der Waals surface area contributed by atoms with E-state index in [-0.39, 0.29) is 11.7 Å². The van der Waals surface area contributed by atoms with Crippen LogP contribution in [0.15, 0.2) is 24.3 Å². The van der Waals surface area contributed by atoms with E-state index in [4.69, 9.17) is 4.74 Å². The molecule has 1 saturated heterocycles. The summed E-state index contributed by atoms with van der Waals surface area (Å²) in [4.78, 5) is 13.9. The van der Waals surface area contributed by atoms with Gasteiger partial charge >= 0.3 is 0 Å². The van der Waals surface area contributed by atoms with Gasteiger partial charge in [-0.2, -0.15) is 0 Å². The molecule has 20 heavy (non-hydrogen) atoms. The Hall–Kier alpha value is -1.97. The zero-order valence-corrected chi connectivity index (χ0v) is 12.0. The molecule has 0 aliphatic carbocycles. The number of ether oxygens (including phenoxy) is 1. The molecule has 1 aliphatic rings. The lowest BCUT2D eigenvalue weighted by Gasteiger charge is -2.29. The molecule has 0 spiro atoms. The summed E-state index contributed by atoms with van der Waals surface area (Å²) in [5, 5.41) is 9.52. The molecule has 108 valence electrons. The summed E-state index contributed by atoms with van der Waals surface area (Å²) in [7, 11) is 1.50. The molecule has 0 bridgehead atoms. The van der Waals surface area contributed by atoms with Crippen molar-refractivity contribution >= 4 is 12.0 Å². The van der Waals surface area contributed by atoms with Crippen LogP contribution in [0.5, 0.6) is 11.5 Å². The van der Waals surface area contributed by atoms with Crippen LogP contribution < -0.4 is 4.74 Å². The van der Waals surface area contributed by atoms with Gasteiger partial charge in [0.2, 0.25) is 5.91 Å². The van der Waals surface area contributed by atoms with Crippen molar-refractivity contribution in [2.45, 2.75) is 19.8 Å². The Morgan fingerprint density at radius 2 is 2.10 bits per heavy atom. The van der Waals surface area contributed by atoms with E-state index in [0.717, 1.165) is 31.5 Å². The third-order valence-corrected chi connectivity index (χ3v) is 3.72. The molecule has 0 aromatic heterocycles. The van der Waals surface area contributed by atoms with Crippen molar-refractivity contribution in [3.05, 3.63) is 29.8 Å². The number of hydrogen-bond acceptors (Lipinski definition) is 3. The van der Waals surface area contributed by atoms with Crippen LogP contribution in [0.2, 0.25) is 0 Å². The molecule has 4 nitrogen and oxygen atoms in total. The van der Waals surface area contributed by atoms with Gasteiger partial charge in [-0.25, -0.2) is 0 Å². The van der Waals surface area contributed by atoms with Crippen LogP contribution in [0.3, 0.4) is 0 Å². The van der Waals surface area contributed by atoms with E-state index in [1.54, 1.807) is 30.4 Å². The third kappa shape index (κ3) is 3.53. The molecule has 1 aromatic carbocycles. The molecule has 1 aromatic rings. The quantitative estimate of drug-likeness (QED) is 0.863. The second-order valence-corrected chi connectivity index (χ2v) is 5.27. The largest absolute Gasteiger partial charge is 0.504 e. The predicted molar refractivity (Wildman–Crippen MR) is 78.7 cm³/mol. The number of carbonyl (C=O) groups excluding carboxylic acids is 1. The highest BCUT2D eigenvalue weighted by Crippen LogP contribution is 2.26. The summed E-state index contributed by atoms with van der Waals surface area (Å²) in [6.07, 6.45) is 5.49. The Morgan fingerprint density at radius 1 is 1.40 bits per heavy atom. The number of rotatable bonds is 3. The van der Waals surface area contributed by atoms with Crippen LogP contribution >= 0.6 is 0 Å². The lowest BCUT2D eigenvalue weighted by Crippen LogP contribution is -2.36. The number of aromatic hydroxyl groups is 1. The number of hydrogen-bond donors (Lipinski definition) is 1. The summed E-state index contributed by atoms with van der Waals surface area (Å²) >= 11 is 0. The highest BCUT2D eigenvalue weighted by Gasteiger charge is 2.18. The number of carbonyl (C=O) groups is 1. The average Bonchev–Trinajstić information content (AvgIpc) is 2.46. The summed E-state index contributed by atoms with van der Waals surface area (Å²) < 4.78 is 5.04. The Bertz CT molecular complexity index is 502. The first-order chi connectivity index (χ1) is 9.60. The Labute approximate surface area is 119 Å². The summed E-state index contributed by atoms with van der Waals surface area (Å²) in [5.41, 5.74) is 0.832. The molecule has 0 radical (unpaired) electrons. The number of methoxy groups -OCH3 is 1. The average molecular weight is 275 g/mol. The highest BCUT2D eigenvalue weighted by atomic mass is 16.5. The maximum Gasteiger partial charge on any atom is 0.246 e. The highest BCUT2D eigenvalue weighted by molar-refractivity contribution is 5.91. The molecule has 1 heterocycles. The van der Waals surface area contributed by atoms with Crippen molar-refractivity contribution in [2.24, 2.45) is 5.92 Å². The van der Waals surface area contributed by atoms with E-state index in [9.17, 15) is 9.90 Å². The van der Waals surface area contributed by atoms with Gasteiger partial charge < -0.3 is 14.7 Å². The van der Waals surface area contributed by atoms with Gasteiger partial charge in [0.25, 0.3) is 0 Å². The fourth-order valence-electron chi connectivity index (χ4n) is 2.30. The maximum atomic E-state index is 12.1. The van der Waals surface area contributed by atoms with Crippen LogP contribution in [0.1, 0.15) is 25.3 Å². The van der Waals surface area contributed by atoms with Crippen LogP contribution in [0, 0.1) is 5.92 Å². The zero-order valence-electron chi connectivity index (χ0n) is 12.0. The van der Waals surface area contributed by atoms with E-state index >= 15 is 0 Å². The molecule has 1 fully saturated rings. The van der Waals surface area contributed by atoms with Crippen LogP contribution in [-0.2, 0) is 4.79 Å². The molecule has 0 unspecified atom stereocenters. The van der Waals surface area contributed by atoms with Gasteiger partial charge in [-0.3, -0.25) is 4.79 Å². The van der Waals surface area contributed by atoms with E-state index in [2.05, 4.69) is 6.92 Å². The van der Waals surface area contributed by atoms with Gasteiger partial charge in [-0.1, -0.05) is 13.0 Å². The Morgan fingerprint density at radius 3 is 2.75 bits per heavy atom. The van der Waals surface area contributed by atoms with Gasteiger partial charge in [0, 0.05) is 19.2 Å². The van der Waals surface area contributed by atoms with Crippen LogP contribution in [0.25, 0.3) is 6.08 Å². The molecule has 0 saturated carbocycles. The number of piperidine rings is 1.